The molecule has 0 heterocycles. The van der Waals surface area contributed by atoms with Gasteiger partial charge >= 0.3 is 57.4 Å². The number of aliphatic carboxylic acids is 1. The number of rotatable bonds is 24. The molecule has 0 aromatic rings. The van der Waals surface area contributed by atoms with Gasteiger partial charge in [-0.05, 0) is 38.5 Å². The van der Waals surface area contributed by atoms with E-state index in [1.165, 1.54) is 32.0 Å². The van der Waals surface area contributed by atoms with Gasteiger partial charge in [-0.1, -0.05) is 76.3 Å². The molecule has 216 valence electrons. The molecule has 0 unspecified atom stereocenters. The molecule has 0 aliphatic carbocycles. The third-order valence-corrected chi connectivity index (χ3v) is 6.21. The zero-order valence-corrected chi connectivity index (χ0v) is 27.7. The molecular formula is C28H46KN3O6S. The Balaban J connectivity index is 0. The summed E-state index contributed by atoms with van der Waals surface area (Å²) in [5, 5.41) is 16.6. The summed E-state index contributed by atoms with van der Waals surface area (Å²) in [5.74, 6) is -2.72. The number of thiol groups is 1. The molecule has 9 nitrogen and oxygen atoms in total. The van der Waals surface area contributed by atoms with Gasteiger partial charge < -0.3 is 25.9 Å². The molecule has 2 atom stereocenters. The minimum absolute atomic E-state index is 0. The van der Waals surface area contributed by atoms with Gasteiger partial charge in [0, 0.05) is 18.6 Å². The van der Waals surface area contributed by atoms with Gasteiger partial charge in [0.05, 0.1) is 0 Å². The summed E-state index contributed by atoms with van der Waals surface area (Å²) in [6.07, 6.45) is 22.1. The van der Waals surface area contributed by atoms with E-state index in [4.69, 9.17) is 0 Å². The molecule has 0 aromatic carbocycles. The van der Waals surface area contributed by atoms with Crippen molar-refractivity contribution in [1.82, 2.24) is 16.0 Å². The first-order valence-corrected chi connectivity index (χ1v) is 14.4. The molecule has 0 aliphatic rings. The quantitative estimate of drug-likeness (QED) is 0.0370. The molecule has 0 aromatic heterocycles. The van der Waals surface area contributed by atoms with Gasteiger partial charge in [-0.15, -0.1) is 0 Å². The number of hydrogen-bond donors (Lipinski definition) is 5. The molecule has 0 bridgehead atoms. The third kappa shape index (κ3) is 24.5. The fourth-order valence-electron chi connectivity index (χ4n) is 3.62. The average Bonchev–Trinajstić information content (AvgIpc) is 2.90. The van der Waals surface area contributed by atoms with Crippen LogP contribution in [0.15, 0.2) is 24.3 Å². The fraction of sp³-hybridized carbons (Fsp3) is 0.679. The molecular weight excluding hydrogens is 545 g/mol. The Hall–Kier alpha value is -0.984. The van der Waals surface area contributed by atoms with E-state index >= 15 is 0 Å². The van der Waals surface area contributed by atoms with Crippen LogP contribution in [0.5, 0.6) is 0 Å². The maximum Gasteiger partial charge on any atom is 1.00 e. The summed E-state index contributed by atoms with van der Waals surface area (Å²) >= 11 is 4.00. The largest absolute Gasteiger partial charge is 1.00 e. The summed E-state index contributed by atoms with van der Waals surface area (Å²) < 4.78 is 0. The van der Waals surface area contributed by atoms with Crippen LogP contribution in [0.2, 0.25) is 0 Å². The number of carbonyl (C=O) groups excluding carboxylic acids is 4. The van der Waals surface area contributed by atoms with Gasteiger partial charge in [0.15, 0.2) is 0 Å². The monoisotopic (exact) mass is 591 g/mol. The van der Waals surface area contributed by atoms with Crippen LogP contribution in [-0.2, 0) is 24.0 Å². The van der Waals surface area contributed by atoms with Crippen molar-refractivity contribution in [3.8, 4) is 0 Å². The number of allylic oxidation sites excluding steroid dienone is 4. The van der Waals surface area contributed by atoms with Crippen LogP contribution in [0, 0.1) is 0 Å². The molecule has 0 aliphatic heterocycles. The standard InChI is InChI=1S/C28H46N3O6S.K/c1-2-3-4-5-6-7-8-9-10-11-12-13-14-15-16-17-25(33)30-23(28(36)37)18-19-26(34)31-24(22-38)27(35)29-20-21-32;/h7-10,23-24,38H,2-6,11-20,22H2,1H3,(H,29,35)(H,30,33)(H,31,34)(H,36,37);/q-1;+1/b8-7+,10-9+;/t23-,24-;/m0./s1. The Morgan fingerprint density at radius 2 is 1.36 bits per heavy atom. The van der Waals surface area contributed by atoms with E-state index < -0.39 is 29.9 Å². The van der Waals surface area contributed by atoms with Crippen molar-refractivity contribution < 1.29 is 80.5 Å². The minimum atomic E-state index is -1.23. The van der Waals surface area contributed by atoms with Crippen LogP contribution in [0.25, 0.3) is 0 Å². The summed E-state index contributed by atoms with van der Waals surface area (Å²) in [7, 11) is 0. The van der Waals surface area contributed by atoms with Gasteiger partial charge in [-0.2, -0.15) is 12.6 Å². The van der Waals surface area contributed by atoms with Crippen molar-refractivity contribution in [3.05, 3.63) is 24.3 Å². The topological polar surface area (TPSA) is 142 Å². The molecule has 0 spiro atoms. The van der Waals surface area contributed by atoms with Crippen molar-refractivity contribution >= 4 is 42.6 Å². The predicted octanol–water partition coefficient (Wildman–Crippen LogP) is 0.794. The van der Waals surface area contributed by atoms with Crippen molar-refractivity contribution in [3.63, 3.8) is 0 Å². The molecule has 0 saturated carbocycles. The molecule has 11 heteroatoms. The van der Waals surface area contributed by atoms with E-state index in [-0.39, 0.29) is 88.9 Å². The maximum absolute atomic E-state index is 12.2. The van der Waals surface area contributed by atoms with Crippen LogP contribution in [0.3, 0.4) is 0 Å². The van der Waals surface area contributed by atoms with Gasteiger partial charge in [0.1, 0.15) is 12.1 Å². The van der Waals surface area contributed by atoms with Crippen molar-refractivity contribution in [2.45, 2.75) is 109 Å². The second-order valence-electron chi connectivity index (χ2n) is 9.17. The Bertz CT molecular complexity index is 764. The predicted molar refractivity (Wildman–Crippen MR) is 153 cm³/mol. The fourth-order valence-corrected chi connectivity index (χ4v) is 3.88. The van der Waals surface area contributed by atoms with Gasteiger partial charge in [-0.3, -0.25) is 14.4 Å². The minimum Gasteiger partial charge on any atom is -0.540 e. The second-order valence-corrected chi connectivity index (χ2v) is 9.54. The van der Waals surface area contributed by atoms with E-state index in [2.05, 4.69) is 59.8 Å². The Morgan fingerprint density at radius 3 is 1.92 bits per heavy atom. The third-order valence-electron chi connectivity index (χ3n) is 5.84. The van der Waals surface area contributed by atoms with E-state index in [1.807, 2.05) is 0 Å². The smallest absolute Gasteiger partial charge is 0.540 e. The molecule has 0 fully saturated rings. The van der Waals surface area contributed by atoms with Gasteiger partial charge in [-0.25, -0.2) is 11.1 Å². The maximum atomic E-state index is 12.2. The van der Waals surface area contributed by atoms with Gasteiger partial charge in [0.25, 0.3) is 0 Å². The van der Waals surface area contributed by atoms with Crippen LogP contribution >= 0.6 is 12.6 Å². The second kappa shape index (κ2) is 28.5. The van der Waals surface area contributed by atoms with E-state index in [9.17, 15) is 29.1 Å². The Kier molecular flexibility index (Phi) is 29.4. The first-order valence-electron chi connectivity index (χ1n) is 13.7. The number of hydrogen-bond acceptors (Lipinski definition) is 6. The molecule has 4 N–H and O–H groups in total. The number of carboxylic acids is 1. The van der Waals surface area contributed by atoms with Crippen LogP contribution in [0.1, 0.15) is 96.8 Å². The molecule has 0 saturated heterocycles. The molecule has 39 heavy (non-hydrogen) atoms. The SMILES string of the molecule is CCCCCC/C=C/C=C/CCCCCCCC(=O)N[C@@H](CCC(=O)N[C@@H](CS)C(=O)NC[C-]=O)C(=O)O.[K+]. The van der Waals surface area contributed by atoms with Gasteiger partial charge in [0.2, 0.25) is 17.7 Å². The number of amides is 3. The number of carboxylic acid groups (broad SMARTS) is 1. The number of nitrogens with one attached hydrogen (secondary N) is 3. The van der Waals surface area contributed by atoms with Crippen LogP contribution < -0.4 is 67.3 Å². The van der Waals surface area contributed by atoms with Crippen molar-refractivity contribution in [2.75, 3.05) is 12.3 Å². The van der Waals surface area contributed by atoms with E-state index in [0.717, 1.165) is 38.5 Å². The summed E-state index contributed by atoms with van der Waals surface area (Å²) in [4.78, 5) is 57.8. The summed E-state index contributed by atoms with van der Waals surface area (Å²) in [6, 6.07) is -2.16. The van der Waals surface area contributed by atoms with E-state index in [1.54, 1.807) is 0 Å². The van der Waals surface area contributed by atoms with Crippen molar-refractivity contribution in [1.29, 1.82) is 0 Å². The number of carbonyl (C=O) groups is 4. The Labute approximate surface area is 282 Å². The summed E-state index contributed by atoms with van der Waals surface area (Å²) in [5.41, 5.74) is 0. The van der Waals surface area contributed by atoms with Crippen LogP contribution in [-0.4, -0.2) is 59.5 Å². The molecule has 0 radical (unpaired) electrons. The first-order chi connectivity index (χ1) is 18.3. The normalized spacial score (nSPS) is 12.5. The number of unbranched alkanes of at least 4 members (excludes halogenated alkanes) is 9. The van der Waals surface area contributed by atoms with Crippen molar-refractivity contribution in [2.24, 2.45) is 0 Å². The molecule has 3 amide bonds. The first kappa shape index (κ1) is 40.2. The molecule has 0 rings (SSSR count). The summed E-state index contributed by atoms with van der Waals surface area (Å²) in [6.45, 7) is 1.91. The Morgan fingerprint density at radius 1 is 0.821 bits per heavy atom. The zero-order valence-electron chi connectivity index (χ0n) is 23.7. The average molecular weight is 592 g/mol. The zero-order chi connectivity index (χ0) is 28.4. The van der Waals surface area contributed by atoms with Crippen LogP contribution in [0.4, 0.5) is 0 Å². The van der Waals surface area contributed by atoms with E-state index in [0.29, 0.717) is 6.42 Å².